The molecule has 0 radical (unpaired) electrons. The fourth-order valence-electron chi connectivity index (χ4n) is 2.31. The molecule has 2 heterocycles. The zero-order valence-corrected chi connectivity index (χ0v) is 11.6. The molecule has 8 heteroatoms. The van der Waals surface area contributed by atoms with Crippen molar-refractivity contribution in [3.8, 4) is 0 Å². The SMILES string of the molecule is CCOC(=O)C1CCCN(c2cc(C(F)(F)F)ncn2)C1. The van der Waals surface area contributed by atoms with Gasteiger partial charge in [-0.05, 0) is 19.8 Å². The van der Waals surface area contributed by atoms with Crippen LogP contribution in [0, 0.1) is 5.92 Å². The molecule has 1 atom stereocenters. The number of nitrogens with zero attached hydrogens (tertiary/aromatic N) is 3. The minimum atomic E-state index is -4.51. The van der Waals surface area contributed by atoms with E-state index >= 15 is 0 Å². The third-order valence-electron chi connectivity index (χ3n) is 3.31. The van der Waals surface area contributed by atoms with Crippen molar-refractivity contribution in [1.82, 2.24) is 9.97 Å². The van der Waals surface area contributed by atoms with E-state index in [4.69, 9.17) is 4.74 Å². The summed E-state index contributed by atoms with van der Waals surface area (Å²) in [5, 5.41) is 0. The molecule has 21 heavy (non-hydrogen) atoms. The number of ether oxygens (including phenoxy) is 1. The van der Waals surface area contributed by atoms with Crippen LogP contribution in [-0.2, 0) is 15.7 Å². The van der Waals surface area contributed by atoms with Crippen LogP contribution in [0.25, 0.3) is 0 Å². The molecule has 1 aromatic rings. The first-order chi connectivity index (χ1) is 9.91. The lowest BCUT2D eigenvalue weighted by Crippen LogP contribution is -2.40. The van der Waals surface area contributed by atoms with E-state index in [0.717, 1.165) is 12.4 Å². The van der Waals surface area contributed by atoms with E-state index in [1.54, 1.807) is 11.8 Å². The summed E-state index contributed by atoms with van der Waals surface area (Å²) in [6, 6.07) is 0.910. The van der Waals surface area contributed by atoms with Gasteiger partial charge < -0.3 is 9.64 Å². The normalized spacial score (nSPS) is 19.4. The molecule has 5 nitrogen and oxygen atoms in total. The number of hydrogen-bond acceptors (Lipinski definition) is 5. The van der Waals surface area contributed by atoms with Gasteiger partial charge >= 0.3 is 12.1 Å². The van der Waals surface area contributed by atoms with E-state index in [9.17, 15) is 18.0 Å². The van der Waals surface area contributed by atoms with Crippen molar-refractivity contribution in [1.29, 1.82) is 0 Å². The van der Waals surface area contributed by atoms with Crippen molar-refractivity contribution in [3.05, 3.63) is 18.1 Å². The predicted octanol–water partition coefficient (Wildman–Crippen LogP) is 2.27. The highest BCUT2D eigenvalue weighted by Crippen LogP contribution is 2.30. The first-order valence-electron chi connectivity index (χ1n) is 6.72. The molecular formula is C13H16F3N3O2. The van der Waals surface area contributed by atoms with Crippen LogP contribution in [0.5, 0.6) is 0 Å². The van der Waals surface area contributed by atoms with Gasteiger partial charge in [-0.2, -0.15) is 13.2 Å². The molecule has 1 aliphatic heterocycles. The molecule has 0 spiro atoms. The molecule has 116 valence electrons. The molecule has 0 amide bonds. The Morgan fingerprint density at radius 1 is 1.48 bits per heavy atom. The van der Waals surface area contributed by atoms with Crippen molar-refractivity contribution in [2.75, 3.05) is 24.6 Å². The van der Waals surface area contributed by atoms with Gasteiger partial charge in [0.2, 0.25) is 0 Å². The molecule has 0 N–H and O–H groups in total. The lowest BCUT2D eigenvalue weighted by atomic mass is 9.98. The van der Waals surface area contributed by atoms with E-state index in [1.807, 2.05) is 0 Å². The van der Waals surface area contributed by atoms with Gasteiger partial charge in [-0.15, -0.1) is 0 Å². The highest BCUT2D eigenvalue weighted by atomic mass is 19.4. The number of alkyl halides is 3. The van der Waals surface area contributed by atoms with Crippen LogP contribution in [0.1, 0.15) is 25.5 Å². The van der Waals surface area contributed by atoms with Crippen LogP contribution in [0.4, 0.5) is 19.0 Å². The van der Waals surface area contributed by atoms with E-state index in [-0.39, 0.29) is 17.7 Å². The lowest BCUT2D eigenvalue weighted by Gasteiger charge is -2.32. The summed E-state index contributed by atoms with van der Waals surface area (Å²) in [5.74, 6) is -0.457. The number of carbonyl (C=O) groups excluding carboxylic acids is 1. The number of piperidine rings is 1. The summed E-state index contributed by atoms with van der Waals surface area (Å²) < 4.78 is 42.9. The Labute approximate surface area is 120 Å². The standard InChI is InChI=1S/C13H16F3N3O2/c1-2-21-12(20)9-4-3-5-19(7-9)11-6-10(13(14,15)16)17-8-18-11/h6,8-9H,2-5,7H2,1H3. The Bertz CT molecular complexity index is 508. The smallest absolute Gasteiger partial charge is 0.433 e. The number of halogens is 3. The van der Waals surface area contributed by atoms with Crippen molar-refractivity contribution < 1.29 is 22.7 Å². The number of aromatic nitrogens is 2. The maximum atomic E-state index is 12.7. The molecule has 1 saturated heterocycles. The largest absolute Gasteiger partial charge is 0.466 e. The van der Waals surface area contributed by atoms with Crippen molar-refractivity contribution in [2.45, 2.75) is 25.9 Å². The maximum absolute atomic E-state index is 12.7. The third kappa shape index (κ3) is 3.83. The monoisotopic (exact) mass is 303 g/mol. The first kappa shape index (κ1) is 15.5. The van der Waals surface area contributed by atoms with Crippen molar-refractivity contribution in [3.63, 3.8) is 0 Å². The molecular weight excluding hydrogens is 287 g/mol. The Balaban J connectivity index is 2.13. The Morgan fingerprint density at radius 2 is 2.24 bits per heavy atom. The zero-order valence-electron chi connectivity index (χ0n) is 11.6. The van der Waals surface area contributed by atoms with Gasteiger partial charge in [0.05, 0.1) is 12.5 Å². The van der Waals surface area contributed by atoms with Crippen LogP contribution < -0.4 is 4.90 Å². The number of esters is 1. The van der Waals surface area contributed by atoms with Crippen LogP contribution in [0.15, 0.2) is 12.4 Å². The summed E-state index contributed by atoms with van der Waals surface area (Å²) in [5.41, 5.74) is -0.981. The molecule has 1 aromatic heterocycles. The van der Waals surface area contributed by atoms with Gasteiger partial charge in [-0.1, -0.05) is 0 Å². The fraction of sp³-hybridized carbons (Fsp3) is 0.615. The highest BCUT2D eigenvalue weighted by Gasteiger charge is 2.34. The second-order valence-corrected chi connectivity index (χ2v) is 4.80. The number of rotatable bonds is 3. The highest BCUT2D eigenvalue weighted by molar-refractivity contribution is 5.73. The number of anilines is 1. The average Bonchev–Trinajstić information content (AvgIpc) is 2.47. The third-order valence-corrected chi connectivity index (χ3v) is 3.31. The van der Waals surface area contributed by atoms with E-state index in [2.05, 4.69) is 9.97 Å². The molecule has 1 unspecified atom stereocenters. The lowest BCUT2D eigenvalue weighted by molar-refractivity contribution is -0.148. The topological polar surface area (TPSA) is 55.3 Å². The summed E-state index contributed by atoms with van der Waals surface area (Å²) in [7, 11) is 0. The molecule has 0 saturated carbocycles. The Hall–Kier alpha value is -1.86. The molecule has 0 aliphatic carbocycles. The van der Waals surface area contributed by atoms with Crippen molar-refractivity contribution in [2.24, 2.45) is 5.92 Å². The van der Waals surface area contributed by atoms with Crippen LogP contribution in [0.2, 0.25) is 0 Å². The van der Waals surface area contributed by atoms with Gasteiger partial charge in [0.1, 0.15) is 17.8 Å². The summed E-state index contributed by atoms with van der Waals surface area (Å²) >= 11 is 0. The minimum absolute atomic E-state index is 0.186. The van der Waals surface area contributed by atoms with Crippen LogP contribution in [0.3, 0.4) is 0 Å². The molecule has 1 aliphatic rings. The van der Waals surface area contributed by atoms with E-state index in [1.165, 1.54) is 0 Å². The second kappa shape index (κ2) is 6.28. The maximum Gasteiger partial charge on any atom is 0.433 e. The quantitative estimate of drug-likeness (QED) is 0.802. The summed E-state index contributed by atoms with van der Waals surface area (Å²) in [4.78, 5) is 20.5. The van der Waals surface area contributed by atoms with Gasteiger partial charge in [0.25, 0.3) is 0 Å². The first-order valence-corrected chi connectivity index (χ1v) is 6.72. The minimum Gasteiger partial charge on any atom is -0.466 e. The van der Waals surface area contributed by atoms with Crippen LogP contribution >= 0.6 is 0 Å². The molecule has 0 aromatic carbocycles. The fourth-order valence-corrected chi connectivity index (χ4v) is 2.31. The predicted molar refractivity (Wildman–Crippen MR) is 68.6 cm³/mol. The average molecular weight is 303 g/mol. The van der Waals surface area contributed by atoms with Gasteiger partial charge in [0.15, 0.2) is 0 Å². The molecule has 1 fully saturated rings. The van der Waals surface area contributed by atoms with E-state index in [0.29, 0.717) is 32.5 Å². The summed E-state index contributed by atoms with van der Waals surface area (Å²) in [6.45, 7) is 2.89. The molecule has 0 bridgehead atoms. The Morgan fingerprint density at radius 3 is 2.90 bits per heavy atom. The molecule has 2 rings (SSSR count). The number of hydrogen-bond donors (Lipinski definition) is 0. The van der Waals surface area contributed by atoms with Gasteiger partial charge in [0, 0.05) is 19.2 Å². The van der Waals surface area contributed by atoms with Gasteiger partial charge in [-0.3, -0.25) is 4.79 Å². The zero-order chi connectivity index (χ0) is 15.5. The Kier molecular flexibility index (Phi) is 4.64. The van der Waals surface area contributed by atoms with Crippen molar-refractivity contribution >= 4 is 11.8 Å². The summed E-state index contributed by atoms with van der Waals surface area (Å²) in [6.07, 6.45) is -2.23. The number of carbonyl (C=O) groups is 1. The van der Waals surface area contributed by atoms with Gasteiger partial charge in [-0.25, -0.2) is 9.97 Å². The van der Waals surface area contributed by atoms with Crippen LogP contribution in [-0.4, -0.2) is 35.6 Å². The van der Waals surface area contributed by atoms with E-state index < -0.39 is 11.9 Å². The second-order valence-electron chi connectivity index (χ2n) is 4.80.